The smallest absolute Gasteiger partial charge is 0.316 e. The lowest BCUT2D eigenvalue weighted by Crippen LogP contribution is -2.44. The van der Waals surface area contributed by atoms with Gasteiger partial charge in [-0.1, -0.05) is 60.2 Å². The molecule has 0 radical (unpaired) electrons. The van der Waals surface area contributed by atoms with Crippen LogP contribution in [0.2, 0.25) is 0 Å². The maximum Gasteiger partial charge on any atom is 0.316 e. The van der Waals surface area contributed by atoms with Gasteiger partial charge in [-0.05, 0) is 43.7 Å². The molecule has 1 fully saturated rings. The van der Waals surface area contributed by atoms with Crippen molar-refractivity contribution in [1.29, 1.82) is 0 Å². The largest absolute Gasteiger partial charge is 0.468 e. The molecule has 1 saturated carbocycles. The van der Waals surface area contributed by atoms with Crippen LogP contribution in [0.4, 0.5) is 0 Å². The summed E-state index contributed by atoms with van der Waals surface area (Å²) in [7, 11) is 1.50. The van der Waals surface area contributed by atoms with Crippen LogP contribution in [-0.4, -0.2) is 19.1 Å². The lowest BCUT2D eigenvalue weighted by molar-refractivity contribution is -0.149. The van der Waals surface area contributed by atoms with E-state index in [1.165, 1.54) is 18.2 Å². The first-order chi connectivity index (χ1) is 12.1. The minimum atomic E-state index is -0.493. The van der Waals surface area contributed by atoms with Gasteiger partial charge in [-0.3, -0.25) is 4.79 Å². The number of nitrogens with one attached hydrogen (secondary N) is 1. The summed E-state index contributed by atoms with van der Waals surface area (Å²) in [6.07, 6.45) is 3.62. The minimum Gasteiger partial charge on any atom is -0.468 e. The van der Waals surface area contributed by atoms with Gasteiger partial charge in [-0.2, -0.15) is 0 Å². The standard InChI is InChI=1S/C22H27NO2/c1-17-8-10-19(11-9-17)22(21(24)25-2)14-12-20(13-15-22)23-16-18-6-4-3-5-7-18/h3-11,20,23H,12-16H2,1-2H3/t20-,22+. The van der Waals surface area contributed by atoms with E-state index >= 15 is 0 Å². The van der Waals surface area contributed by atoms with Gasteiger partial charge in [0.1, 0.15) is 0 Å². The van der Waals surface area contributed by atoms with E-state index in [0.29, 0.717) is 6.04 Å². The van der Waals surface area contributed by atoms with Crippen LogP contribution in [0.3, 0.4) is 0 Å². The summed E-state index contributed by atoms with van der Waals surface area (Å²) in [5.41, 5.74) is 3.10. The van der Waals surface area contributed by atoms with Crippen molar-refractivity contribution in [2.45, 2.75) is 50.6 Å². The number of hydrogen-bond donors (Lipinski definition) is 1. The molecule has 1 aliphatic rings. The summed E-state index contributed by atoms with van der Waals surface area (Å²) in [6, 6.07) is 19.2. The Morgan fingerprint density at radius 3 is 2.32 bits per heavy atom. The van der Waals surface area contributed by atoms with Gasteiger partial charge in [0.05, 0.1) is 12.5 Å². The number of carbonyl (C=O) groups excluding carboxylic acids is 1. The summed E-state index contributed by atoms with van der Waals surface area (Å²) < 4.78 is 5.18. The van der Waals surface area contributed by atoms with Gasteiger partial charge >= 0.3 is 5.97 Å². The van der Waals surface area contributed by atoms with Crippen molar-refractivity contribution in [1.82, 2.24) is 5.32 Å². The average Bonchev–Trinajstić information content (AvgIpc) is 2.67. The molecule has 0 saturated heterocycles. The molecule has 3 nitrogen and oxygen atoms in total. The number of ether oxygens (including phenoxy) is 1. The molecule has 2 aromatic carbocycles. The highest BCUT2D eigenvalue weighted by Gasteiger charge is 2.44. The molecule has 3 heteroatoms. The first kappa shape index (κ1) is 17.7. The van der Waals surface area contributed by atoms with E-state index in [-0.39, 0.29) is 5.97 Å². The molecule has 1 N–H and O–H groups in total. The quantitative estimate of drug-likeness (QED) is 0.834. The Morgan fingerprint density at radius 2 is 1.72 bits per heavy atom. The molecule has 0 heterocycles. The summed E-state index contributed by atoms with van der Waals surface area (Å²) in [5.74, 6) is -0.0992. The zero-order valence-electron chi connectivity index (χ0n) is 15.1. The van der Waals surface area contributed by atoms with Crippen LogP contribution in [0.25, 0.3) is 0 Å². The molecule has 0 atom stereocenters. The second kappa shape index (κ2) is 7.83. The van der Waals surface area contributed by atoms with Crippen LogP contribution in [0, 0.1) is 6.92 Å². The number of aryl methyl sites for hydroxylation is 1. The maximum atomic E-state index is 12.6. The van der Waals surface area contributed by atoms with Crippen LogP contribution in [-0.2, 0) is 21.5 Å². The topological polar surface area (TPSA) is 38.3 Å². The molecule has 3 rings (SSSR count). The highest BCUT2D eigenvalue weighted by molar-refractivity contribution is 5.83. The van der Waals surface area contributed by atoms with Crippen molar-refractivity contribution in [2.75, 3.05) is 7.11 Å². The van der Waals surface area contributed by atoms with Crippen LogP contribution in [0.15, 0.2) is 54.6 Å². The van der Waals surface area contributed by atoms with Crippen molar-refractivity contribution in [3.63, 3.8) is 0 Å². The first-order valence-electron chi connectivity index (χ1n) is 9.07. The van der Waals surface area contributed by atoms with Crippen LogP contribution < -0.4 is 5.32 Å². The fourth-order valence-corrected chi connectivity index (χ4v) is 3.85. The third-order valence-corrected chi connectivity index (χ3v) is 5.46. The molecule has 1 aliphatic carbocycles. The van der Waals surface area contributed by atoms with Crippen molar-refractivity contribution in [3.05, 3.63) is 71.3 Å². The van der Waals surface area contributed by atoms with E-state index in [2.05, 4.69) is 60.8 Å². The van der Waals surface area contributed by atoms with Crippen LogP contribution in [0.5, 0.6) is 0 Å². The van der Waals surface area contributed by atoms with Crippen molar-refractivity contribution >= 4 is 5.97 Å². The van der Waals surface area contributed by atoms with E-state index < -0.39 is 5.41 Å². The Labute approximate surface area is 150 Å². The van der Waals surface area contributed by atoms with Gasteiger partial charge in [0.25, 0.3) is 0 Å². The first-order valence-corrected chi connectivity index (χ1v) is 9.07. The molecule has 0 aliphatic heterocycles. The third kappa shape index (κ3) is 3.93. The molecule has 0 unspecified atom stereocenters. The fourth-order valence-electron chi connectivity index (χ4n) is 3.85. The highest BCUT2D eigenvalue weighted by Crippen LogP contribution is 2.40. The number of carbonyl (C=O) groups is 1. The van der Waals surface area contributed by atoms with Gasteiger partial charge in [0.2, 0.25) is 0 Å². The highest BCUT2D eigenvalue weighted by atomic mass is 16.5. The Bertz CT molecular complexity index is 686. The Balaban J connectivity index is 1.67. The predicted molar refractivity (Wildman–Crippen MR) is 100 cm³/mol. The van der Waals surface area contributed by atoms with Crippen molar-refractivity contribution in [2.24, 2.45) is 0 Å². The average molecular weight is 337 g/mol. The number of rotatable bonds is 5. The fraction of sp³-hybridized carbons (Fsp3) is 0.409. The SMILES string of the molecule is COC(=O)[C@]1(c2ccc(C)cc2)CC[C@H](NCc2ccccc2)CC1. The van der Waals surface area contributed by atoms with Gasteiger partial charge in [-0.15, -0.1) is 0 Å². The summed E-state index contributed by atoms with van der Waals surface area (Å²) in [5, 5.41) is 3.64. The van der Waals surface area contributed by atoms with E-state index in [0.717, 1.165) is 37.8 Å². The van der Waals surface area contributed by atoms with Gasteiger partial charge in [-0.25, -0.2) is 0 Å². The van der Waals surface area contributed by atoms with Crippen molar-refractivity contribution in [3.8, 4) is 0 Å². The van der Waals surface area contributed by atoms with E-state index in [9.17, 15) is 4.79 Å². The zero-order chi connectivity index (χ0) is 17.7. The lowest BCUT2D eigenvalue weighted by atomic mass is 9.68. The molecule has 132 valence electrons. The van der Waals surface area contributed by atoms with Gasteiger partial charge < -0.3 is 10.1 Å². The third-order valence-electron chi connectivity index (χ3n) is 5.46. The lowest BCUT2D eigenvalue weighted by Gasteiger charge is -2.38. The Morgan fingerprint density at radius 1 is 1.08 bits per heavy atom. The van der Waals surface area contributed by atoms with E-state index in [1.807, 2.05) is 6.07 Å². The molecule has 0 aromatic heterocycles. The van der Waals surface area contributed by atoms with E-state index in [1.54, 1.807) is 0 Å². The van der Waals surface area contributed by atoms with Crippen LogP contribution in [0.1, 0.15) is 42.4 Å². The normalized spacial score (nSPS) is 23.2. The molecule has 0 spiro atoms. The summed E-state index contributed by atoms with van der Waals surface area (Å²) >= 11 is 0. The number of hydrogen-bond acceptors (Lipinski definition) is 3. The van der Waals surface area contributed by atoms with E-state index in [4.69, 9.17) is 4.74 Å². The summed E-state index contributed by atoms with van der Waals surface area (Å²) in [4.78, 5) is 12.6. The molecule has 0 amide bonds. The monoisotopic (exact) mass is 337 g/mol. The molecule has 25 heavy (non-hydrogen) atoms. The maximum absolute atomic E-state index is 12.6. The molecule has 2 aromatic rings. The van der Waals surface area contributed by atoms with Crippen molar-refractivity contribution < 1.29 is 9.53 Å². The number of methoxy groups -OCH3 is 1. The Hall–Kier alpha value is -2.13. The molecular weight excluding hydrogens is 310 g/mol. The Kier molecular flexibility index (Phi) is 5.54. The molecule has 0 bridgehead atoms. The van der Waals surface area contributed by atoms with Gasteiger partial charge in [0.15, 0.2) is 0 Å². The second-order valence-electron chi connectivity index (χ2n) is 7.08. The van der Waals surface area contributed by atoms with Crippen LogP contribution >= 0.6 is 0 Å². The second-order valence-corrected chi connectivity index (χ2v) is 7.08. The predicted octanol–water partition coefficient (Wildman–Crippen LogP) is 4.14. The van der Waals surface area contributed by atoms with Gasteiger partial charge in [0, 0.05) is 12.6 Å². The summed E-state index contributed by atoms with van der Waals surface area (Å²) in [6.45, 7) is 2.94. The molecular formula is C22H27NO2. The number of benzene rings is 2. The zero-order valence-corrected chi connectivity index (χ0v) is 15.1. The number of esters is 1. The minimum absolute atomic E-state index is 0.0992.